The molecular formula is C21H19N3O2S. The van der Waals surface area contributed by atoms with Crippen molar-refractivity contribution in [2.75, 3.05) is 11.9 Å². The minimum absolute atomic E-state index is 0.0663. The normalized spacial score (nSPS) is 11.0. The first-order valence-corrected chi connectivity index (χ1v) is 9.85. The molecule has 0 saturated heterocycles. The molecule has 3 aromatic rings. The van der Waals surface area contributed by atoms with Crippen LogP contribution in [0.25, 0.3) is 11.1 Å². The number of anilines is 1. The van der Waals surface area contributed by atoms with Gasteiger partial charge in [0, 0.05) is 13.6 Å². The van der Waals surface area contributed by atoms with E-state index in [-0.39, 0.29) is 10.5 Å². The first kappa shape index (κ1) is 18.6. The predicted molar refractivity (Wildman–Crippen MR) is 107 cm³/mol. The van der Waals surface area contributed by atoms with Gasteiger partial charge in [-0.25, -0.2) is 13.6 Å². The van der Waals surface area contributed by atoms with Gasteiger partial charge in [0.25, 0.3) is 0 Å². The van der Waals surface area contributed by atoms with E-state index in [1.165, 1.54) is 12.1 Å². The zero-order valence-electron chi connectivity index (χ0n) is 14.8. The number of nitriles is 1. The summed E-state index contributed by atoms with van der Waals surface area (Å²) in [6.45, 7) is 0.582. The summed E-state index contributed by atoms with van der Waals surface area (Å²) in [4.78, 5) is 1.84. The Labute approximate surface area is 159 Å². The number of sulfonamides is 1. The van der Waals surface area contributed by atoms with Crippen molar-refractivity contribution in [1.82, 2.24) is 0 Å². The van der Waals surface area contributed by atoms with Crippen molar-refractivity contribution in [3.8, 4) is 17.2 Å². The average molecular weight is 377 g/mol. The van der Waals surface area contributed by atoms with Crippen LogP contribution in [-0.2, 0) is 16.6 Å². The van der Waals surface area contributed by atoms with Gasteiger partial charge in [0.1, 0.15) is 6.07 Å². The van der Waals surface area contributed by atoms with E-state index in [0.29, 0.717) is 12.2 Å². The van der Waals surface area contributed by atoms with Crippen molar-refractivity contribution in [2.45, 2.75) is 11.4 Å². The lowest BCUT2D eigenvalue weighted by Crippen LogP contribution is -2.18. The predicted octanol–water partition coefficient (Wildman–Crippen LogP) is 3.51. The number of primary sulfonamides is 1. The molecule has 3 aromatic carbocycles. The lowest BCUT2D eigenvalue weighted by molar-refractivity contribution is 0.598. The van der Waals surface area contributed by atoms with Gasteiger partial charge >= 0.3 is 0 Å². The van der Waals surface area contributed by atoms with E-state index in [0.717, 1.165) is 16.7 Å². The van der Waals surface area contributed by atoms with Gasteiger partial charge in [-0.1, -0.05) is 54.6 Å². The van der Waals surface area contributed by atoms with Gasteiger partial charge in [0.2, 0.25) is 10.0 Å². The maximum absolute atomic E-state index is 11.5. The third-order valence-electron chi connectivity index (χ3n) is 4.31. The molecule has 2 N–H and O–H groups in total. The maximum Gasteiger partial charge on any atom is 0.238 e. The molecule has 0 atom stereocenters. The number of nitrogens with two attached hydrogens (primary N) is 1. The first-order valence-electron chi connectivity index (χ1n) is 8.31. The zero-order valence-corrected chi connectivity index (χ0v) is 15.6. The first-order chi connectivity index (χ1) is 12.9. The lowest BCUT2D eigenvalue weighted by atomic mass is 10.0. The van der Waals surface area contributed by atoms with Crippen molar-refractivity contribution in [3.05, 3.63) is 83.9 Å². The lowest BCUT2D eigenvalue weighted by Gasteiger charge is -2.21. The molecule has 5 nitrogen and oxygen atoms in total. The molecule has 0 heterocycles. The number of hydrogen-bond acceptors (Lipinski definition) is 4. The summed E-state index contributed by atoms with van der Waals surface area (Å²) in [6.07, 6.45) is 0. The van der Waals surface area contributed by atoms with Crippen molar-refractivity contribution in [3.63, 3.8) is 0 Å². The van der Waals surface area contributed by atoms with Crippen LogP contribution in [0.15, 0.2) is 77.7 Å². The summed E-state index contributed by atoms with van der Waals surface area (Å²) >= 11 is 0. The molecule has 0 aliphatic carbocycles. The Bertz CT molecular complexity index is 1090. The standard InChI is InChI=1S/C21H19N3O2S/c1-24(21-12-11-20(27(23,25)26)13-19(21)14-22)15-16-7-9-18(10-8-16)17-5-3-2-4-6-17/h2-13H,15H2,1H3,(H2,23,25,26). The molecule has 0 bridgehead atoms. The van der Waals surface area contributed by atoms with Crippen LogP contribution in [0.3, 0.4) is 0 Å². The molecule has 6 heteroatoms. The Kier molecular flexibility index (Phi) is 5.26. The second-order valence-corrected chi connectivity index (χ2v) is 7.82. The fraction of sp³-hybridized carbons (Fsp3) is 0.0952. The van der Waals surface area contributed by atoms with Crippen LogP contribution in [0.1, 0.15) is 11.1 Å². The Morgan fingerprint density at radius 1 is 0.963 bits per heavy atom. The number of nitrogens with zero attached hydrogens (tertiary/aromatic N) is 2. The minimum Gasteiger partial charge on any atom is -0.369 e. The van der Waals surface area contributed by atoms with Gasteiger partial charge in [-0.15, -0.1) is 0 Å². The van der Waals surface area contributed by atoms with Crippen LogP contribution in [0.5, 0.6) is 0 Å². The van der Waals surface area contributed by atoms with Crippen molar-refractivity contribution < 1.29 is 8.42 Å². The van der Waals surface area contributed by atoms with Crippen LogP contribution < -0.4 is 10.0 Å². The molecule has 0 fully saturated rings. The summed E-state index contributed by atoms with van der Waals surface area (Å²) in [7, 11) is -1.98. The number of benzene rings is 3. The van der Waals surface area contributed by atoms with E-state index in [2.05, 4.69) is 24.3 Å². The largest absolute Gasteiger partial charge is 0.369 e. The average Bonchev–Trinajstić information content (AvgIpc) is 2.68. The van der Waals surface area contributed by atoms with E-state index in [1.54, 1.807) is 6.07 Å². The van der Waals surface area contributed by atoms with Crippen LogP contribution in [0.2, 0.25) is 0 Å². The van der Waals surface area contributed by atoms with E-state index >= 15 is 0 Å². The van der Waals surface area contributed by atoms with Crippen molar-refractivity contribution >= 4 is 15.7 Å². The van der Waals surface area contributed by atoms with E-state index < -0.39 is 10.0 Å². The van der Waals surface area contributed by atoms with E-state index in [1.807, 2.05) is 48.3 Å². The van der Waals surface area contributed by atoms with E-state index in [4.69, 9.17) is 5.14 Å². The maximum atomic E-state index is 11.5. The molecule has 0 unspecified atom stereocenters. The molecule has 0 aliphatic rings. The molecule has 0 spiro atoms. The summed E-state index contributed by atoms with van der Waals surface area (Å²) in [5.74, 6) is 0. The van der Waals surface area contributed by atoms with Crippen molar-refractivity contribution in [1.29, 1.82) is 5.26 Å². The van der Waals surface area contributed by atoms with Gasteiger partial charge in [-0.2, -0.15) is 5.26 Å². The van der Waals surface area contributed by atoms with Gasteiger partial charge in [0.15, 0.2) is 0 Å². The summed E-state index contributed by atoms with van der Waals surface area (Å²) in [5.41, 5.74) is 4.29. The third-order valence-corrected chi connectivity index (χ3v) is 5.22. The molecule has 0 saturated carbocycles. The van der Waals surface area contributed by atoms with Crippen LogP contribution in [-0.4, -0.2) is 15.5 Å². The van der Waals surface area contributed by atoms with Gasteiger partial charge < -0.3 is 4.90 Å². The van der Waals surface area contributed by atoms with Crippen LogP contribution >= 0.6 is 0 Å². The monoisotopic (exact) mass is 377 g/mol. The highest BCUT2D eigenvalue weighted by Crippen LogP contribution is 2.25. The summed E-state index contributed by atoms with van der Waals surface area (Å²) in [5, 5.41) is 14.5. The quantitative estimate of drug-likeness (QED) is 0.737. The molecule has 0 radical (unpaired) electrons. The molecule has 0 amide bonds. The summed E-state index contributed by atoms with van der Waals surface area (Å²) in [6, 6.07) is 24.7. The topological polar surface area (TPSA) is 87.2 Å². The zero-order chi connectivity index (χ0) is 19.4. The van der Waals surface area contributed by atoms with Crippen LogP contribution in [0, 0.1) is 11.3 Å². The molecular weight excluding hydrogens is 358 g/mol. The smallest absolute Gasteiger partial charge is 0.238 e. The molecule has 3 rings (SSSR count). The van der Waals surface area contributed by atoms with Gasteiger partial charge in [-0.05, 0) is 34.9 Å². The highest BCUT2D eigenvalue weighted by atomic mass is 32.2. The molecule has 136 valence electrons. The Morgan fingerprint density at radius 2 is 1.59 bits per heavy atom. The highest BCUT2D eigenvalue weighted by molar-refractivity contribution is 7.89. The SMILES string of the molecule is CN(Cc1ccc(-c2ccccc2)cc1)c1ccc(S(N)(=O)=O)cc1C#N. The Balaban J connectivity index is 1.81. The fourth-order valence-electron chi connectivity index (χ4n) is 2.91. The molecule has 0 aromatic heterocycles. The third kappa shape index (κ3) is 4.34. The second kappa shape index (κ2) is 7.62. The molecule has 27 heavy (non-hydrogen) atoms. The minimum atomic E-state index is -3.84. The van der Waals surface area contributed by atoms with E-state index in [9.17, 15) is 13.7 Å². The Hall–Kier alpha value is -3.14. The fourth-order valence-corrected chi connectivity index (χ4v) is 3.45. The summed E-state index contributed by atoms with van der Waals surface area (Å²) < 4.78 is 23.0. The van der Waals surface area contributed by atoms with Gasteiger partial charge in [-0.3, -0.25) is 0 Å². The van der Waals surface area contributed by atoms with Crippen molar-refractivity contribution in [2.24, 2.45) is 5.14 Å². The van der Waals surface area contributed by atoms with Gasteiger partial charge in [0.05, 0.1) is 16.1 Å². The highest BCUT2D eigenvalue weighted by Gasteiger charge is 2.14. The second-order valence-electron chi connectivity index (χ2n) is 6.25. The molecule has 0 aliphatic heterocycles. The number of rotatable bonds is 5. The Morgan fingerprint density at radius 3 is 2.19 bits per heavy atom. The van der Waals surface area contributed by atoms with Crippen LogP contribution in [0.4, 0.5) is 5.69 Å². The number of hydrogen-bond donors (Lipinski definition) is 1.